The molecule has 21 heavy (non-hydrogen) atoms. The van der Waals surface area contributed by atoms with Crippen molar-refractivity contribution in [3.63, 3.8) is 0 Å². The minimum atomic E-state index is -0.0940. The van der Waals surface area contributed by atoms with Crippen LogP contribution < -0.4 is 4.74 Å². The molecule has 0 atom stereocenters. The number of ether oxygens (including phenoxy) is 1. The Balaban J connectivity index is 1.85. The number of pyridine rings is 1. The van der Waals surface area contributed by atoms with E-state index >= 15 is 0 Å². The summed E-state index contributed by atoms with van der Waals surface area (Å²) < 4.78 is 6.34. The maximum Gasteiger partial charge on any atom is 0.255 e. The molecule has 0 N–H and O–H groups in total. The van der Waals surface area contributed by atoms with Crippen LogP contribution >= 0.6 is 27.5 Å². The van der Waals surface area contributed by atoms with Gasteiger partial charge >= 0.3 is 0 Å². The maximum atomic E-state index is 12.2. The van der Waals surface area contributed by atoms with Gasteiger partial charge in [-0.15, -0.1) is 0 Å². The molecule has 0 saturated heterocycles. The predicted molar refractivity (Wildman–Crippen MR) is 85.8 cm³/mol. The van der Waals surface area contributed by atoms with Crippen molar-refractivity contribution < 1.29 is 9.53 Å². The summed E-state index contributed by atoms with van der Waals surface area (Å²) in [7, 11) is 1.73. The molecule has 1 aromatic carbocycles. The number of benzene rings is 1. The lowest BCUT2D eigenvalue weighted by Gasteiger charge is -2.17. The second-order valence-electron chi connectivity index (χ2n) is 4.42. The second-order valence-corrected chi connectivity index (χ2v) is 5.77. The van der Waals surface area contributed by atoms with Gasteiger partial charge in [0.1, 0.15) is 12.4 Å². The van der Waals surface area contributed by atoms with Gasteiger partial charge in [-0.2, -0.15) is 0 Å². The van der Waals surface area contributed by atoms with Crippen LogP contribution in [0.2, 0.25) is 5.02 Å². The molecule has 2 rings (SSSR count). The number of halogens is 2. The zero-order valence-electron chi connectivity index (χ0n) is 11.4. The second kappa shape index (κ2) is 7.43. The highest BCUT2D eigenvalue weighted by atomic mass is 79.9. The highest BCUT2D eigenvalue weighted by Crippen LogP contribution is 2.15. The van der Waals surface area contributed by atoms with E-state index in [2.05, 4.69) is 20.9 Å². The molecule has 0 spiro atoms. The third-order valence-corrected chi connectivity index (χ3v) is 3.49. The average Bonchev–Trinajstić information content (AvgIpc) is 2.48. The van der Waals surface area contributed by atoms with E-state index in [4.69, 9.17) is 16.3 Å². The molecule has 2 aromatic rings. The zero-order chi connectivity index (χ0) is 15.2. The van der Waals surface area contributed by atoms with E-state index in [9.17, 15) is 4.79 Å². The van der Waals surface area contributed by atoms with Crippen molar-refractivity contribution in [3.8, 4) is 5.75 Å². The summed E-state index contributed by atoms with van der Waals surface area (Å²) in [5, 5.41) is 0.664. The minimum Gasteiger partial charge on any atom is -0.492 e. The molecule has 1 heterocycles. The van der Waals surface area contributed by atoms with E-state index in [1.54, 1.807) is 54.7 Å². The minimum absolute atomic E-state index is 0.0940. The Morgan fingerprint density at radius 2 is 2.05 bits per heavy atom. The largest absolute Gasteiger partial charge is 0.492 e. The lowest BCUT2D eigenvalue weighted by molar-refractivity contribution is 0.0773. The standard InChI is InChI=1S/C15H14BrClN2O2/c1-19(15(20)11-8-12(16)10-18-9-11)6-7-21-14-4-2-13(17)3-5-14/h2-5,8-10H,6-7H2,1H3. The number of carbonyl (C=O) groups excluding carboxylic acids is 1. The third kappa shape index (κ3) is 4.72. The van der Waals surface area contributed by atoms with Crippen LogP contribution in [0.25, 0.3) is 0 Å². The molecule has 4 nitrogen and oxygen atoms in total. The normalized spacial score (nSPS) is 10.2. The highest BCUT2D eigenvalue weighted by Gasteiger charge is 2.12. The number of nitrogens with zero attached hydrogens (tertiary/aromatic N) is 2. The van der Waals surface area contributed by atoms with Gasteiger partial charge in [-0.3, -0.25) is 9.78 Å². The van der Waals surface area contributed by atoms with E-state index in [0.29, 0.717) is 23.7 Å². The molecule has 0 bridgehead atoms. The molecular weight excluding hydrogens is 356 g/mol. The number of likely N-dealkylation sites (N-methyl/N-ethyl adjacent to an activating group) is 1. The predicted octanol–water partition coefficient (Wildman–Crippen LogP) is 3.65. The van der Waals surface area contributed by atoms with Crippen molar-refractivity contribution in [3.05, 3.63) is 57.8 Å². The van der Waals surface area contributed by atoms with E-state index < -0.39 is 0 Å². The Morgan fingerprint density at radius 1 is 1.33 bits per heavy atom. The Labute approximate surface area is 136 Å². The molecule has 1 amide bonds. The van der Waals surface area contributed by atoms with Crippen molar-refractivity contribution in [1.82, 2.24) is 9.88 Å². The number of aromatic nitrogens is 1. The van der Waals surface area contributed by atoms with Gasteiger partial charge in [-0.25, -0.2) is 0 Å². The lowest BCUT2D eigenvalue weighted by atomic mass is 10.2. The monoisotopic (exact) mass is 368 g/mol. The van der Waals surface area contributed by atoms with Gasteiger partial charge in [-0.05, 0) is 46.3 Å². The molecule has 0 fully saturated rings. The Morgan fingerprint density at radius 3 is 2.71 bits per heavy atom. The summed E-state index contributed by atoms with van der Waals surface area (Å²) in [5.74, 6) is 0.632. The molecular formula is C15H14BrClN2O2. The number of amides is 1. The fraction of sp³-hybridized carbons (Fsp3) is 0.200. The van der Waals surface area contributed by atoms with Crippen LogP contribution in [0.5, 0.6) is 5.75 Å². The summed E-state index contributed by atoms with van der Waals surface area (Å²) in [4.78, 5) is 17.8. The van der Waals surface area contributed by atoms with Crippen LogP contribution in [-0.4, -0.2) is 36.0 Å². The van der Waals surface area contributed by atoms with Gasteiger partial charge in [0.25, 0.3) is 5.91 Å². The third-order valence-electron chi connectivity index (χ3n) is 2.81. The van der Waals surface area contributed by atoms with Crippen LogP contribution in [0.3, 0.4) is 0 Å². The van der Waals surface area contributed by atoms with E-state index in [-0.39, 0.29) is 5.91 Å². The van der Waals surface area contributed by atoms with E-state index in [1.165, 1.54) is 0 Å². The first-order valence-electron chi connectivity index (χ1n) is 6.30. The number of carbonyl (C=O) groups is 1. The molecule has 6 heteroatoms. The van der Waals surface area contributed by atoms with Crippen molar-refractivity contribution >= 4 is 33.4 Å². The summed E-state index contributed by atoms with van der Waals surface area (Å²) in [6.45, 7) is 0.888. The quantitative estimate of drug-likeness (QED) is 0.808. The number of hydrogen-bond acceptors (Lipinski definition) is 3. The molecule has 1 aromatic heterocycles. The SMILES string of the molecule is CN(CCOc1ccc(Cl)cc1)C(=O)c1cncc(Br)c1. The van der Waals surface area contributed by atoms with Crippen LogP contribution in [0.15, 0.2) is 47.2 Å². The Bertz CT molecular complexity index is 619. The summed E-state index contributed by atoms with van der Waals surface area (Å²) in [6, 6.07) is 8.86. The molecule has 0 saturated carbocycles. The van der Waals surface area contributed by atoms with Crippen molar-refractivity contribution in [1.29, 1.82) is 0 Å². The topological polar surface area (TPSA) is 42.4 Å². The fourth-order valence-electron chi connectivity index (χ4n) is 1.68. The lowest BCUT2D eigenvalue weighted by Crippen LogP contribution is -2.30. The summed E-state index contributed by atoms with van der Waals surface area (Å²) >= 11 is 9.10. The summed E-state index contributed by atoms with van der Waals surface area (Å²) in [6.07, 6.45) is 3.18. The van der Waals surface area contributed by atoms with Crippen molar-refractivity contribution in [2.24, 2.45) is 0 Å². The molecule has 0 aliphatic rings. The number of rotatable bonds is 5. The average molecular weight is 370 g/mol. The maximum absolute atomic E-state index is 12.2. The first-order chi connectivity index (χ1) is 10.1. The van der Waals surface area contributed by atoms with Gasteiger partial charge in [0.2, 0.25) is 0 Å². The summed E-state index contributed by atoms with van der Waals surface area (Å²) in [5.41, 5.74) is 0.540. The zero-order valence-corrected chi connectivity index (χ0v) is 13.8. The first-order valence-corrected chi connectivity index (χ1v) is 7.48. The van der Waals surface area contributed by atoms with Gasteiger partial charge in [0, 0.05) is 28.9 Å². The van der Waals surface area contributed by atoms with Crippen LogP contribution in [0.4, 0.5) is 0 Å². The van der Waals surface area contributed by atoms with Gasteiger partial charge < -0.3 is 9.64 Å². The van der Waals surface area contributed by atoms with Gasteiger partial charge in [-0.1, -0.05) is 11.6 Å². The first kappa shape index (κ1) is 15.8. The van der Waals surface area contributed by atoms with Crippen LogP contribution in [0.1, 0.15) is 10.4 Å². The number of hydrogen-bond donors (Lipinski definition) is 0. The Hall–Kier alpha value is -1.59. The van der Waals surface area contributed by atoms with Crippen molar-refractivity contribution in [2.75, 3.05) is 20.2 Å². The fourth-order valence-corrected chi connectivity index (χ4v) is 2.17. The Kier molecular flexibility index (Phi) is 5.59. The molecule has 0 aliphatic heterocycles. The molecule has 0 aliphatic carbocycles. The van der Waals surface area contributed by atoms with E-state index in [1.807, 2.05) is 0 Å². The van der Waals surface area contributed by atoms with Crippen molar-refractivity contribution in [2.45, 2.75) is 0 Å². The van der Waals surface area contributed by atoms with E-state index in [0.717, 1.165) is 10.2 Å². The van der Waals surface area contributed by atoms with Gasteiger partial charge in [0.05, 0.1) is 12.1 Å². The highest BCUT2D eigenvalue weighted by molar-refractivity contribution is 9.10. The molecule has 0 unspecified atom stereocenters. The molecule has 110 valence electrons. The van der Waals surface area contributed by atoms with Crippen LogP contribution in [0, 0.1) is 0 Å². The smallest absolute Gasteiger partial charge is 0.255 e. The molecule has 0 radical (unpaired) electrons. The van der Waals surface area contributed by atoms with Gasteiger partial charge in [0.15, 0.2) is 0 Å². The van der Waals surface area contributed by atoms with Crippen LogP contribution in [-0.2, 0) is 0 Å².